The number of oxime groups is 1. The lowest BCUT2D eigenvalue weighted by molar-refractivity contribution is -0.124. The Morgan fingerprint density at radius 2 is 2.00 bits per heavy atom. The van der Waals surface area contributed by atoms with Gasteiger partial charge in [0, 0.05) is 6.54 Å². The Hall–Kier alpha value is -2.11. The number of carbonyl (C=O) groups is 1. The molecule has 0 saturated carbocycles. The lowest BCUT2D eigenvalue weighted by Gasteiger charge is -2.18. The zero-order chi connectivity index (χ0) is 14.4. The summed E-state index contributed by atoms with van der Waals surface area (Å²) in [4.78, 5) is 12.0. The third kappa shape index (κ3) is 4.24. The van der Waals surface area contributed by atoms with Gasteiger partial charge in [-0.1, -0.05) is 31.1 Å². The number of rotatable bonds is 5. The Kier molecular flexibility index (Phi) is 5.29. The molecule has 19 heavy (non-hydrogen) atoms. The average Bonchev–Trinajstić information content (AvgIpc) is 2.37. The largest absolute Gasteiger partial charge is 0.409 e. The predicted octanol–water partition coefficient (Wildman–Crippen LogP) is 1.46. The number of nitrogens with two attached hydrogens (primary N) is 1. The van der Waals surface area contributed by atoms with Gasteiger partial charge in [-0.2, -0.15) is 0 Å². The molecule has 0 aromatic heterocycles. The first-order chi connectivity index (χ1) is 8.95. The van der Waals surface area contributed by atoms with E-state index in [1.165, 1.54) is 12.1 Å². The Bertz CT molecular complexity index is 457. The third-order valence-corrected chi connectivity index (χ3v) is 2.76. The molecule has 1 atom stereocenters. The normalized spacial score (nSPS) is 13.4. The highest BCUT2D eigenvalue weighted by molar-refractivity contribution is 6.02. The van der Waals surface area contributed by atoms with Crippen LogP contribution in [0.25, 0.3) is 0 Å². The quantitative estimate of drug-likeness (QED) is 0.326. The zero-order valence-electron chi connectivity index (χ0n) is 10.9. The van der Waals surface area contributed by atoms with E-state index in [1.54, 1.807) is 26.0 Å². The van der Waals surface area contributed by atoms with Gasteiger partial charge in [0.15, 0.2) is 5.84 Å². The van der Waals surface area contributed by atoms with Crippen molar-refractivity contribution in [2.24, 2.45) is 22.7 Å². The maximum absolute atomic E-state index is 12.7. The van der Waals surface area contributed by atoms with Gasteiger partial charge in [0.1, 0.15) is 11.7 Å². The van der Waals surface area contributed by atoms with E-state index in [1.807, 2.05) is 0 Å². The third-order valence-electron chi connectivity index (χ3n) is 2.76. The van der Waals surface area contributed by atoms with Crippen LogP contribution in [0, 0.1) is 17.7 Å². The minimum Gasteiger partial charge on any atom is -0.409 e. The lowest BCUT2D eigenvalue weighted by Crippen LogP contribution is -2.41. The summed E-state index contributed by atoms with van der Waals surface area (Å²) in [7, 11) is 0. The van der Waals surface area contributed by atoms with Gasteiger partial charge in [-0.05, 0) is 23.6 Å². The number of amides is 1. The molecule has 0 saturated heterocycles. The van der Waals surface area contributed by atoms with Crippen molar-refractivity contribution in [3.63, 3.8) is 0 Å². The Morgan fingerprint density at radius 1 is 1.42 bits per heavy atom. The SMILES string of the molecule is CC(C)C(C(=O)NCc1ccc(F)cc1)C(N)=NO. The molecule has 104 valence electrons. The smallest absolute Gasteiger partial charge is 0.231 e. The monoisotopic (exact) mass is 267 g/mol. The van der Waals surface area contributed by atoms with E-state index in [-0.39, 0.29) is 30.0 Å². The Balaban J connectivity index is 2.65. The number of amidine groups is 1. The van der Waals surface area contributed by atoms with E-state index in [2.05, 4.69) is 10.5 Å². The second-order valence-electron chi connectivity index (χ2n) is 4.59. The van der Waals surface area contributed by atoms with E-state index in [4.69, 9.17) is 10.9 Å². The second kappa shape index (κ2) is 6.72. The maximum atomic E-state index is 12.7. The van der Waals surface area contributed by atoms with Crippen LogP contribution in [-0.4, -0.2) is 17.0 Å². The molecule has 0 radical (unpaired) electrons. The number of hydrogen-bond donors (Lipinski definition) is 3. The number of hydrogen-bond acceptors (Lipinski definition) is 3. The van der Waals surface area contributed by atoms with E-state index < -0.39 is 5.92 Å². The summed E-state index contributed by atoms with van der Waals surface area (Å²) in [6, 6.07) is 5.82. The molecule has 1 aromatic carbocycles. The zero-order valence-corrected chi connectivity index (χ0v) is 10.9. The average molecular weight is 267 g/mol. The minimum absolute atomic E-state index is 0.0934. The molecule has 4 N–H and O–H groups in total. The molecule has 1 rings (SSSR count). The van der Waals surface area contributed by atoms with Crippen LogP contribution in [0.4, 0.5) is 4.39 Å². The number of halogens is 1. The molecule has 0 spiro atoms. The van der Waals surface area contributed by atoms with Crippen LogP contribution < -0.4 is 11.1 Å². The van der Waals surface area contributed by atoms with Gasteiger partial charge >= 0.3 is 0 Å². The van der Waals surface area contributed by atoms with Crippen LogP contribution in [-0.2, 0) is 11.3 Å². The highest BCUT2D eigenvalue weighted by atomic mass is 19.1. The standard InChI is InChI=1S/C13H18FN3O2/c1-8(2)11(12(15)17-19)13(18)16-7-9-3-5-10(14)6-4-9/h3-6,8,11,19H,7H2,1-2H3,(H2,15,17)(H,16,18). The van der Waals surface area contributed by atoms with Crippen LogP contribution in [0.1, 0.15) is 19.4 Å². The van der Waals surface area contributed by atoms with Gasteiger partial charge in [-0.15, -0.1) is 0 Å². The Labute approximate surface area is 111 Å². The number of nitrogens with one attached hydrogen (secondary N) is 1. The van der Waals surface area contributed by atoms with Gasteiger partial charge in [-0.3, -0.25) is 4.79 Å². The molecular weight excluding hydrogens is 249 g/mol. The van der Waals surface area contributed by atoms with E-state index in [0.29, 0.717) is 0 Å². The molecule has 1 amide bonds. The van der Waals surface area contributed by atoms with Crippen molar-refractivity contribution in [1.82, 2.24) is 5.32 Å². The summed E-state index contributed by atoms with van der Waals surface area (Å²) in [5.74, 6) is -1.55. The fraction of sp³-hybridized carbons (Fsp3) is 0.385. The van der Waals surface area contributed by atoms with Crippen LogP contribution in [0.2, 0.25) is 0 Å². The van der Waals surface area contributed by atoms with Crippen LogP contribution in [0.3, 0.4) is 0 Å². The molecule has 5 nitrogen and oxygen atoms in total. The first-order valence-corrected chi connectivity index (χ1v) is 5.95. The first kappa shape index (κ1) is 14.9. The van der Waals surface area contributed by atoms with Crippen molar-refractivity contribution in [3.8, 4) is 0 Å². The van der Waals surface area contributed by atoms with Crippen molar-refractivity contribution < 1.29 is 14.4 Å². The van der Waals surface area contributed by atoms with E-state index in [0.717, 1.165) is 5.56 Å². The molecule has 1 unspecified atom stereocenters. The maximum Gasteiger partial charge on any atom is 0.231 e. The van der Waals surface area contributed by atoms with Gasteiger partial charge in [-0.25, -0.2) is 4.39 Å². The molecule has 0 aliphatic rings. The van der Waals surface area contributed by atoms with Gasteiger partial charge in [0.2, 0.25) is 5.91 Å². The molecule has 0 aliphatic carbocycles. The number of carbonyl (C=O) groups excluding carboxylic acids is 1. The second-order valence-corrected chi connectivity index (χ2v) is 4.59. The van der Waals surface area contributed by atoms with Gasteiger partial charge in [0.05, 0.1) is 0 Å². The van der Waals surface area contributed by atoms with Crippen molar-refractivity contribution in [2.75, 3.05) is 0 Å². The van der Waals surface area contributed by atoms with Crippen molar-refractivity contribution in [3.05, 3.63) is 35.6 Å². The van der Waals surface area contributed by atoms with Gasteiger partial charge < -0.3 is 16.3 Å². The van der Waals surface area contributed by atoms with Crippen molar-refractivity contribution in [2.45, 2.75) is 20.4 Å². The van der Waals surface area contributed by atoms with Crippen LogP contribution in [0.5, 0.6) is 0 Å². The van der Waals surface area contributed by atoms with Gasteiger partial charge in [0.25, 0.3) is 0 Å². The Morgan fingerprint density at radius 3 is 2.47 bits per heavy atom. The highest BCUT2D eigenvalue weighted by Crippen LogP contribution is 2.12. The molecule has 0 fully saturated rings. The summed E-state index contributed by atoms with van der Waals surface area (Å²) in [5.41, 5.74) is 6.27. The van der Waals surface area contributed by atoms with Crippen LogP contribution >= 0.6 is 0 Å². The molecule has 6 heteroatoms. The summed E-state index contributed by atoms with van der Waals surface area (Å²) in [6.07, 6.45) is 0. The minimum atomic E-state index is -0.689. The predicted molar refractivity (Wildman–Crippen MR) is 70.0 cm³/mol. The molecule has 1 aromatic rings. The van der Waals surface area contributed by atoms with E-state index >= 15 is 0 Å². The summed E-state index contributed by atoms with van der Waals surface area (Å²) in [6.45, 7) is 3.88. The number of nitrogens with zero attached hydrogens (tertiary/aromatic N) is 1. The number of benzene rings is 1. The molecule has 0 bridgehead atoms. The molecule has 0 aliphatic heterocycles. The van der Waals surface area contributed by atoms with Crippen molar-refractivity contribution in [1.29, 1.82) is 0 Å². The topological polar surface area (TPSA) is 87.7 Å². The summed E-state index contributed by atoms with van der Waals surface area (Å²) < 4.78 is 12.7. The highest BCUT2D eigenvalue weighted by Gasteiger charge is 2.26. The lowest BCUT2D eigenvalue weighted by atomic mass is 9.94. The summed E-state index contributed by atoms with van der Waals surface area (Å²) in [5, 5.41) is 14.2. The summed E-state index contributed by atoms with van der Waals surface area (Å²) >= 11 is 0. The fourth-order valence-electron chi connectivity index (χ4n) is 1.74. The van der Waals surface area contributed by atoms with Crippen molar-refractivity contribution >= 4 is 11.7 Å². The van der Waals surface area contributed by atoms with E-state index in [9.17, 15) is 9.18 Å². The first-order valence-electron chi connectivity index (χ1n) is 5.95. The molecular formula is C13H18FN3O2. The molecule has 0 heterocycles. The van der Waals surface area contributed by atoms with Crippen LogP contribution in [0.15, 0.2) is 29.4 Å². The fourth-order valence-corrected chi connectivity index (χ4v) is 1.74.